The van der Waals surface area contributed by atoms with Crippen LogP contribution in [0.3, 0.4) is 0 Å². The van der Waals surface area contributed by atoms with E-state index < -0.39 is 27.1 Å². The van der Waals surface area contributed by atoms with Gasteiger partial charge in [-0.3, -0.25) is 0 Å². The van der Waals surface area contributed by atoms with Crippen molar-refractivity contribution in [2.45, 2.75) is 47.7 Å². The molecule has 1 atom stereocenters. The molecule has 0 aromatic heterocycles. The molecule has 1 aliphatic rings. The fraction of sp³-hybridized carbons (Fsp3) is 0.421. The third kappa shape index (κ3) is 5.19. The zero-order chi connectivity index (χ0) is 17.3. The molecule has 25 heavy (non-hydrogen) atoms. The van der Waals surface area contributed by atoms with Crippen LogP contribution in [0.4, 0.5) is 0 Å². The van der Waals surface area contributed by atoms with E-state index in [4.69, 9.17) is 0 Å². The van der Waals surface area contributed by atoms with Crippen molar-refractivity contribution in [2.75, 3.05) is 0 Å². The standard InChI is InChI=1S/C9H13.C8H9NO.C2H7Si.2ClH.Zr/c1-6-5-7(2)9(4)8(6)3;1-6-4-2-3-5-7(6)8(9)10;1-3-2;;;/h6H,1-4H3;2-5H,1H3,(H2,9,10);3H,1-2H3;2*1H;/q;;;;;+3/p-3. The summed E-state index contributed by atoms with van der Waals surface area (Å²) in [5, 5.41) is 0. The first-order chi connectivity index (χ1) is 10.8. The smallest absolute Gasteiger partial charge is 1.00 e. The van der Waals surface area contributed by atoms with Gasteiger partial charge in [0.2, 0.25) is 0 Å². The van der Waals surface area contributed by atoms with Gasteiger partial charge in [-0.2, -0.15) is 0 Å². The Hall–Kier alpha value is -0.150. The summed E-state index contributed by atoms with van der Waals surface area (Å²) in [4.78, 5) is 12.8. The molecule has 0 aliphatic heterocycles. The summed E-state index contributed by atoms with van der Waals surface area (Å²) in [6.07, 6.45) is 0. The molecule has 0 fully saturated rings. The summed E-state index contributed by atoms with van der Waals surface area (Å²) in [6, 6.07) is 7.91. The first kappa shape index (κ1) is 24.8. The number of carbonyl (C=O) groups is 1. The average Bonchev–Trinajstić information content (AvgIpc) is 2.69. The second kappa shape index (κ2) is 10.3. The minimum atomic E-state index is -2.10. The Morgan fingerprint density at radius 2 is 1.60 bits per heavy atom. The first-order valence-corrected chi connectivity index (χ1v) is 18.0. The molecule has 1 aromatic rings. The van der Waals surface area contributed by atoms with E-state index in [-0.39, 0.29) is 30.7 Å². The molecule has 2 rings (SSSR count). The zero-order valence-corrected chi connectivity index (χ0v) is 21.3. The number of halogens is 2. The van der Waals surface area contributed by atoms with Gasteiger partial charge in [0.15, 0.2) is 0 Å². The van der Waals surface area contributed by atoms with Crippen molar-refractivity contribution < 1.29 is 50.8 Å². The van der Waals surface area contributed by atoms with Crippen molar-refractivity contribution >= 4 is 11.8 Å². The molecule has 137 valence electrons. The van der Waals surface area contributed by atoms with Crippen molar-refractivity contribution in [3.05, 3.63) is 55.4 Å². The van der Waals surface area contributed by atoms with Crippen LogP contribution in [0.5, 0.6) is 0 Å². The number of hydrogen-bond donors (Lipinski definition) is 1. The van der Waals surface area contributed by atoms with E-state index in [0.717, 1.165) is 11.1 Å². The Bertz CT molecular complexity index is 700. The Labute approximate surface area is 174 Å². The Balaban J connectivity index is 0.00000288. The summed E-state index contributed by atoms with van der Waals surface area (Å²) in [6.45, 7) is 15.9. The van der Waals surface area contributed by atoms with Crippen LogP contribution in [0.25, 0.3) is 0 Å². The van der Waals surface area contributed by atoms with Gasteiger partial charge in [0.1, 0.15) is 0 Å². The predicted molar refractivity (Wildman–Crippen MR) is 97.8 cm³/mol. The molecular weight excluding hydrogens is 448 g/mol. The molecular formula is C19H28Cl2NOSiZr. The van der Waals surface area contributed by atoms with E-state index in [1.807, 2.05) is 31.2 Å². The molecule has 0 radical (unpaired) electrons. The van der Waals surface area contributed by atoms with E-state index in [9.17, 15) is 4.79 Å². The summed E-state index contributed by atoms with van der Waals surface area (Å²) in [5.41, 5.74) is 6.32. The summed E-state index contributed by atoms with van der Waals surface area (Å²) < 4.78 is 5.18. The Morgan fingerprint density at radius 1 is 1.04 bits per heavy atom. The maximum Gasteiger partial charge on any atom is -1.00 e. The Kier molecular flexibility index (Phi) is 10.2. The molecule has 0 saturated heterocycles. The quantitative estimate of drug-likeness (QED) is 0.528. The van der Waals surface area contributed by atoms with Crippen LogP contribution in [0.1, 0.15) is 43.6 Å². The molecule has 1 unspecified atom stereocenters. The average molecular weight is 477 g/mol. The first-order valence-electron chi connectivity index (χ1n) is 8.38. The summed E-state index contributed by atoms with van der Waals surface area (Å²) in [5.74, 6) is -0.214. The second-order valence-electron chi connectivity index (χ2n) is 6.91. The molecule has 1 N–H and O–H groups in total. The van der Waals surface area contributed by atoms with Crippen LogP contribution in [0, 0.1) is 12.8 Å². The van der Waals surface area contributed by atoms with Crippen LogP contribution >= 0.6 is 0 Å². The molecule has 0 heterocycles. The van der Waals surface area contributed by atoms with Gasteiger partial charge in [-0.15, -0.1) is 0 Å². The van der Waals surface area contributed by atoms with Crippen LogP contribution in [-0.4, -0.2) is 11.8 Å². The third-order valence-electron chi connectivity index (χ3n) is 5.15. The fourth-order valence-electron chi connectivity index (χ4n) is 3.34. The predicted octanol–water partition coefficient (Wildman–Crippen LogP) is -1.49. The fourth-order valence-corrected chi connectivity index (χ4v) is 18.9. The van der Waals surface area contributed by atoms with Crippen molar-refractivity contribution in [1.29, 1.82) is 0 Å². The molecule has 1 amide bonds. The van der Waals surface area contributed by atoms with Crippen LogP contribution in [0.2, 0.25) is 13.1 Å². The third-order valence-corrected chi connectivity index (χ3v) is 22.1. The molecule has 0 bridgehead atoms. The molecule has 1 aliphatic carbocycles. The van der Waals surface area contributed by atoms with Crippen LogP contribution in [0.15, 0.2) is 44.3 Å². The molecule has 2 nitrogen and oxygen atoms in total. The monoisotopic (exact) mass is 474 g/mol. The van der Waals surface area contributed by atoms with Gasteiger partial charge >= 0.3 is 150 Å². The van der Waals surface area contributed by atoms with E-state index in [2.05, 4.69) is 44.0 Å². The number of aryl methyl sites for hydroxylation is 1. The molecule has 0 saturated carbocycles. The molecule has 1 aromatic carbocycles. The van der Waals surface area contributed by atoms with E-state index in [1.165, 1.54) is 16.7 Å². The Morgan fingerprint density at radius 3 is 2.04 bits per heavy atom. The number of allylic oxidation sites excluding steroid dienone is 4. The minimum Gasteiger partial charge on any atom is -1.00 e. The van der Waals surface area contributed by atoms with Crippen LogP contribution in [-0.2, 0) is 21.2 Å². The van der Waals surface area contributed by atoms with Gasteiger partial charge in [0.05, 0.1) is 0 Å². The number of hydrogen-bond acceptors (Lipinski definition) is 1. The van der Waals surface area contributed by atoms with Gasteiger partial charge in [-0.05, 0) is 0 Å². The van der Waals surface area contributed by atoms with Crippen molar-refractivity contribution in [1.82, 2.24) is 3.26 Å². The summed E-state index contributed by atoms with van der Waals surface area (Å²) >= 11 is -2.10. The zero-order valence-electron chi connectivity index (χ0n) is 16.1. The minimum absolute atomic E-state index is 0. The van der Waals surface area contributed by atoms with E-state index in [0.29, 0.717) is 5.92 Å². The number of amides is 1. The van der Waals surface area contributed by atoms with E-state index in [1.54, 1.807) is 3.28 Å². The molecule has 6 heteroatoms. The van der Waals surface area contributed by atoms with Gasteiger partial charge in [0.25, 0.3) is 0 Å². The maximum absolute atomic E-state index is 12.8. The largest absolute Gasteiger partial charge is 1.00 e. The number of nitrogens with one attached hydrogen (secondary N) is 1. The normalized spacial score (nSPS) is 16.6. The SMILES string of the molecule is CC1=C(C)C(C)[C]([Zr+2]([NH]C(=O)c2ccccc2C)[SiH](C)C)=C1C.[Cl-].[Cl-]. The van der Waals surface area contributed by atoms with Gasteiger partial charge in [-0.1, -0.05) is 0 Å². The topological polar surface area (TPSA) is 29.1 Å². The second-order valence-corrected chi connectivity index (χ2v) is 25.1. The van der Waals surface area contributed by atoms with Crippen LogP contribution < -0.4 is 28.1 Å². The summed E-state index contributed by atoms with van der Waals surface area (Å²) in [7, 11) is 0. The molecule has 0 spiro atoms. The van der Waals surface area contributed by atoms with Crippen molar-refractivity contribution in [3.8, 4) is 0 Å². The maximum atomic E-state index is 12.8. The van der Waals surface area contributed by atoms with Gasteiger partial charge in [-0.25, -0.2) is 0 Å². The number of benzene rings is 1. The van der Waals surface area contributed by atoms with Crippen molar-refractivity contribution in [2.24, 2.45) is 5.92 Å². The van der Waals surface area contributed by atoms with E-state index >= 15 is 0 Å². The van der Waals surface area contributed by atoms with Gasteiger partial charge in [0, 0.05) is 0 Å². The van der Waals surface area contributed by atoms with Gasteiger partial charge < -0.3 is 24.8 Å². The number of rotatable bonds is 4. The number of carbonyl (C=O) groups excluding carboxylic acids is 1. The van der Waals surface area contributed by atoms with Crippen molar-refractivity contribution in [3.63, 3.8) is 0 Å².